The van der Waals surface area contributed by atoms with Gasteiger partial charge in [0.15, 0.2) is 9.84 Å². The van der Waals surface area contributed by atoms with Crippen LogP contribution in [0.15, 0.2) is 30.3 Å². The average Bonchev–Trinajstić information content (AvgIpc) is 3.38. The highest BCUT2D eigenvalue weighted by atomic mass is 32.2. The van der Waals surface area contributed by atoms with Crippen molar-refractivity contribution >= 4 is 15.7 Å². The van der Waals surface area contributed by atoms with Crippen molar-refractivity contribution in [2.45, 2.75) is 50.6 Å². The van der Waals surface area contributed by atoms with Crippen LogP contribution >= 0.6 is 0 Å². The van der Waals surface area contributed by atoms with E-state index in [1.807, 2.05) is 4.90 Å². The Hall–Kier alpha value is -1.44. The molecule has 0 spiro atoms. The van der Waals surface area contributed by atoms with Crippen LogP contribution in [0.4, 0.5) is 0 Å². The second kappa shape index (κ2) is 9.79. The molecular weight excluding hydrogens is 398 g/mol. The highest BCUT2D eigenvalue weighted by Crippen LogP contribution is 2.29. The maximum absolute atomic E-state index is 13.3. The van der Waals surface area contributed by atoms with Gasteiger partial charge in [-0.25, -0.2) is 8.42 Å². The monoisotopic (exact) mass is 433 g/mol. The van der Waals surface area contributed by atoms with E-state index in [2.05, 4.69) is 40.1 Å². The number of piperazine rings is 1. The Labute approximate surface area is 181 Å². The highest BCUT2D eigenvalue weighted by molar-refractivity contribution is 7.91. The Balaban J connectivity index is 1.28. The molecule has 3 fully saturated rings. The van der Waals surface area contributed by atoms with Crippen molar-refractivity contribution in [2.24, 2.45) is 0 Å². The van der Waals surface area contributed by atoms with Crippen LogP contribution in [-0.2, 0) is 21.1 Å². The van der Waals surface area contributed by atoms with Gasteiger partial charge in [-0.1, -0.05) is 43.2 Å². The van der Waals surface area contributed by atoms with Gasteiger partial charge in [-0.3, -0.25) is 9.69 Å². The first-order valence-electron chi connectivity index (χ1n) is 11.5. The fourth-order valence-electron chi connectivity index (χ4n) is 5.26. The minimum atomic E-state index is -2.99. The molecule has 2 heterocycles. The number of carbonyl (C=O) groups is 1. The molecule has 0 radical (unpaired) electrons. The molecule has 0 bridgehead atoms. The van der Waals surface area contributed by atoms with Gasteiger partial charge >= 0.3 is 0 Å². The largest absolute Gasteiger partial charge is 0.335 e. The maximum Gasteiger partial charge on any atom is 0.237 e. The van der Waals surface area contributed by atoms with E-state index in [0.717, 1.165) is 64.8 Å². The third kappa shape index (κ3) is 5.62. The molecule has 4 rings (SSSR count). The molecule has 1 saturated carbocycles. The van der Waals surface area contributed by atoms with Crippen molar-refractivity contribution in [1.29, 1.82) is 0 Å². The summed E-state index contributed by atoms with van der Waals surface area (Å²) in [6, 6.07) is 10.7. The van der Waals surface area contributed by atoms with E-state index in [-0.39, 0.29) is 29.5 Å². The fraction of sp³-hybridized carbons (Fsp3) is 0.696. The quantitative estimate of drug-likeness (QED) is 0.656. The van der Waals surface area contributed by atoms with E-state index in [9.17, 15) is 13.2 Å². The minimum absolute atomic E-state index is 0.113. The first kappa shape index (κ1) is 21.8. The Kier molecular flexibility index (Phi) is 7.11. The van der Waals surface area contributed by atoms with Gasteiger partial charge in [0.1, 0.15) is 0 Å². The first-order chi connectivity index (χ1) is 14.5. The van der Waals surface area contributed by atoms with Gasteiger partial charge in [0, 0.05) is 44.8 Å². The van der Waals surface area contributed by atoms with Crippen LogP contribution in [0.25, 0.3) is 0 Å². The van der Waals surface area contributed by atoms with Crippen LogP contribution in [-0.4, -0.2) is 91.9 Å². The number of benzene rings is 1. The molecule has 6 nitrogen and oxygen atoms in total. The standard InChI is InChI=1S/C23H35N3O3S/c27-23(26(21-8-4-5-9-21)22-11-17-30(28,29)19-22)18-25-15-13-24(14-16-25)12-10-20-6-2-1-3-7-20/h1-3,6-7,21-22H,4-5,8-19H2. The number of hydrogen-bond donors (Lipinski definition) is 0. The SMILES string of the molecule is O=C(CN1CCN(CCc2ccccc2)CC1)N(C1CCCC1)C1CCS(=O)(=O)C1. The Morgan fingerprint density at radius 1 is 0.933 bits per heavy atom. The van der Waals surface area contributed by atoms with Crippen molar-refractivity contribution in [1.82, 2.24) is 14.7 Å². The zero-order valence-corrected chi connectivity index (χ0v) is 18.7. The molecule has 30 heavy (non-hydrogen) atoms. The summed E-state index contributed by atoms with van der Waals surface area (Å²) in [4.78, 5) is 20.0. The van der Waals surface area contributed by atoms with Crippen LogP contribution in [0.2, 0.25) is 0 Å². The van der Waals surface area contributed by atoms with Crippen LogP contribution in [0.5, 0.6) is 0 Å². The summed E-state index contributed by atoms with van der Waals surface area (Å²) in [5, 5.41) is 0. The summed E-state index contributed by atoms with van der Waals surface area (Å²) >= 11 is 0. The van der Waals surface area contributed by atoms with Crippen molar-refractivity contribution in [3.05, 3.63) is 35.9 Å². The van der Waals surface area contributed by atoms with Crippen molar-refractivity contribution < 1.29 is 13.2 Å². The minimum Gasteiger partial charge on any atom is -0.335 e. The molecule has 2 saturated heterocycles. The van der Waals surface area contributed by atoms with Gasteiger partial charge in [0.05, 0.1) is 18.1 Å². The van der Waals surface area contributed by atoms with Crippen molar-refractivity contribution in [3.8, 4) is 0 Å². The normalized spacial score (nSPS) is 25.5. The molecule has 1 aromatic carbocycles. The van der Waals surface area contributed by atoms with Gasteiger partial charge in [0.25, 0.3) is 0 Å². The first-order valence-corrected chi connectivity index (χ1v) is 13.3. The summed E-state index contributed by atoms with van der Waals surface area (Å²) in [6.07, 6.45) is 6.01. The predicted molar refractivity (Wildman–Crippen MR) is 119 cm³/mol. The zero-order valence-electron chi connectivity index (χ0n) is 17.9. The Bertz CT molecular complexity index is 800. The molecule has 166 valence electrons. The number of rotatable bonds is 7. The smallest absolute Gasteiger partial charge is 0.237 e. The van der Waals surface area contributed by atoms with Gasteiger partial charge in [-0.15, -0.1) is 0 Å². The molecule has 1 amide bonds. The van der Waals surface area contributed by atoms with Crippen LogP contribution in [0, 0.1) is 0 Å². The van der Waals surface area contributed by atoms with Gasteiger partial charge in [0.2, 0.25) is 5.91 Å². The van der Waals surface area contributed by atoms with E-state index in [4.69, 9.17) is 0 Å². The van der Waals surface area contributed by atoms with E-state index >= 15 is 0 Å². The third-order valence-corrected chi connectivity index (χ3v) is 8.74. The van der Waals surface area contributed by atoms with E-state index in [1.54, 1.807) is 0 Å². The lowest BCUT2D eigenvalue weighted by atomic mass is 10.1. The Morgan fingerprint density at radius 2 is 1.60 bits per heavy atom. The topological polar surface area (TPSA) is 60.9 Å². The van der Waals surface area contributed by atoms with Crippen molar-refractivity contribution in [3.63, 3.8) is 0 Å². The summed E-state index contributed by atoms with van der Waals surface area (Å²) in [6.45, 7) is 5.27. The molecule has 1 unspecified atom stereocenters. The second-order valence-corrected chi connectivity index (χ2v) is 11.4. The third-order valence-electron chi connectivity index (χ3n) is 6.99. The molecule has 0 N–H and O–H groups in total. The summed E-state index contributed by atoms with van der Waals surface area (Å²) in [7, 11) is -2.99. The van der Waals surface area contributed by atoms with Gasteiger partial charge in [-0.2, -0.15) is 0 Å². The number of nitrogens with zero attached hydrogens (tertiary/aromatic N) is 3. The van der Waals surface area contributed by atoms with Gasteiger partial charge in [-0.05, 0) is 31.2 Å². The summed E-state index contributed by atoms with van der Waals surface area (Å²) < 4.78 is 24.0. The average molecular weight is 434 g/mol. The van der Waals surface area contributed by atoms with E-state index in [0.29, 0.717) is 13.0 Å². The number of hydrogen-bond acceptors (Lipinski definition) is 5. The lowest BCUT2D eigenvalue weighted by molar-refractivity contribution is -0.137. The molecule has 7 heteroatoms. The van der Waals surface area contributed by atoms with E-state index < -0.39 is 9.84 Å². The molecule has 2 aliphatic heterocycles. The van der Waals surface area contributed by atoms with Crippen molar-refractivity contribution in [2.75, 3.05) is 50.8 Å². The molecule has 1 atom stereocenters. The number of amides is 1. The molecular formula is C23H35N3O3S. The van der Waals surface area contributed by atoms with Gasteiger partial charge < -0.3 is 9.80 Å². The lowest BCUT2D eigenvalue weighted by Crippen LogP contribution is -2.54. The number of sulfone groups is 1. The molecule has 3 aliphatic rings. The zero-order chi connectivity index (χ0) is 21.0. The van der Waals surface area contributed by atoms with E-state index in [1.165, 1.54) is 5.56 Å². The molecule has 0 aromatic heterocycles. The summed E-state index contributed by atoms with van der Waals surface area (Å²) in [5.74, 6) is 0.526. The molecule has 1 aliphatic carbocycles. The predicted octanol–water partition coefficient (Wildman–Crippen LogP) is 1.80. The highest BCUT2D eigenvalue weighted by Gasteiger charge is 2.39. The molecule has 1 aromatic rings. The summed E-state index contributed by atoms with van der Waals surface area (Å²) in [5.41, 5.74) is 1.37. The second-order valence-electron chi connectivity index (χ2n) is 9.15. The maximum atomic E-state index is 13.3. The fourth-order valence-corrected chi connectivity index (χ4v) is 6.97. The number of carbonyl (C=O) groups excluding carboxylic acids is 1. The van der Waals surface area contributed by atoms with Crippen LogP contribution in [0.3, 0.4) is 0 Å². The van der Waals surface area contributed by atoms with Crippen LogP contribution in [0.1, 0.15) is 37.7 Å². The Morgan fingerprint density at radius 3 is 2.23 bits per heavy atom. The lowest BCUT2D eigenvalue weighted by Gasteiger charge is -2.38. The van der Waals surface area contributed by atoms with Crippen LogP contribution < -0.4 is 0 Å².